The Bertz CT molecular complexity index is 747. The van der Waals surface area contributed by atoms with Crippen molar-refractivity contribution in [3.05, 3.63) is 52.7 Å². The maximum Gasteiger partial charge on any atom is 0.387 e. The van der Waals surface area contributed by atoms with Gasteiger partial charge in [-0.05, 0) is 36.2 Å². The molecule has 24 heavy (non-hydrogen) atoms. The standard InChI is InChI=1S/C15H15F2N3O4/c16-14(17)24-12-3-1-11(2-4-12)19-13(22)9-20-8-10(5-6-21)7-18-15(20)23/h1-4,7-8,14,21H,5-6,9H2,(H,19,22). The molecule has 0 saturated heterocycles. The van der Waals surface area contributed by atoms with Gasteiger partial charge < -0.3 is 15.2 Å². The number of hydrogen-bond donors (Lipinski definition) is 2. The van der Waals surface area contributed by atoms with E-state index in [9.17, 15) is 18.4 Å². The Morgan fingerprint density at radius 1 is 1.33 bits per heavy atom. The quantitative estimate of drug-likeness (QED) is 0.785. The number of hydrogen-bond acceptors (Lipinski definition) is 5. The van der Waals surface area contributed by atoms with Gasteiger partial charge in [-0.2, -0.15) is 8.78 Å². The van der Waals surface area contributed by atoms with Crippen LogP contribution in [-0.4, -0.2) is 33.8 Å². The molecular weight excluding hydrogens is 324 g/mol. The molecule has 1 aromatic carbocycles. The highest BCUT2D eigenvalue weighted by atomic mass is 19.3. The van der Waals surface area contributed by atoms with E-state index >= 15 is 0 Å². The van der Waals surface area contributed by atoms with Gasteiger partial charge in [0.1, 0.15) is 12.3 Å². The maximum absolute atomic E-state index is 12.1. The van der Waals surface area contributed by atoms with E-state index in [-0.39, 0.29) is 18.9 Å². The van der Waals surface area contributed by atoms with Crippen molar-refractivity contribution < 1.29 is 23.4 Å². The zero-order valence-electron chi connectivity index (χ0n) is 12.5. The number of aliphatic hydroxyl groups is 1. The molecule has 128 valence electrons. The molecule has 0 bridgehead atoms. The van der Waals surface area contributed by atoms with Gasteiger partial charge in [0.05, 0.1) is 0 Å². The largest absolute Gasteiger partial charge is 0.435 e. The van der Waals surface area contributed by atoms with Crippen LogP contribution in [0.1, 0.15) is 5.56 Å². The van der Waals surface area contributed by atoms with Crippen molar-refractivity contribution in [2.45, 2.75) is 19.6 Å². The maximum atomic E-state index is 12.1. The van der Waals surface area contributed by atoms with Crippen LogP contribution in [0.15, 0.2) is 41.5 Å². The molecule has 7 nitrogen and oxygen atoms in total. The fourth-order valence-electron chi connectivity index (χ4n) is 1.95. The van der Waals surface area contributed by atoms with Crippen molar-refractivity contribution in [3.63, 3.8) is 0 Å². The number of anilines is 1. The summed E-state index contributed by atoms with van der Waals surface area (Å²) in [5.74, 6) is -0.511. The highest BCUT2D eigenvalue weighted by Crippen LogP contribution is 2.17. The first-order chi connectivity index (χ1) is 11.5. The predicted octanol–water partition coefficient (Wildman–Crippen LogP) is 1.02. The molecule has 0 spiro atoms. The second-order valence-corrected chi connectivity index (χ2v) is 4.80. The van der Waals surface area contributed by atoms with Crippen molar-refractivity contribution >= 4 is 11.6 Å². The second-order valence-electron chi connectivity index (χ2n) is 4.80. The third-order valence-corrected chi connectivity index (χ3v) is 2.99. The minimum atomic E-state index is -2.92. The van der Waals surface area contributed by atoms with E-state index in [1.807, 2.05) is 0 Å². The first-order valence-electron chi connectivity index (χ1n) is 6.99. The zero-order chi connectivity index (χ0) is 17.5. The van der Waals surface area contributed by atoms with Crippen LogP contribution in [0.4, 0.5) is 14.5 Å². The Morgan fingerprint density at radius 2 is 2.04 bits per heavy atom. The first-order valence-corrected chi connectivity index (χ1v) is 6.99. The zero-order valence-corrected chi connectivity index (χ0v) is 12.5. The van der Waals surface area contributed by atoms with Crippen molar-refractivity contribution in [2.75, 3.05) is 11.9 Å². The number of aromatic nitrogens is 2. The van der Waals surface area contributed by atoms with Crippen LogP contribution in [-0.2, 0) is 17.8 Å². The summed E-state index contributed by atoms with van der Waals surface area (Å²) in [7, 11) is 0. The molecule has 9 heteroatoms. The summed E-state index contributed by atoms with van der Waals surface area (Å²) in [6.45, 7) is -3.28. The molecule has 0 aliphatic heterocycles. The van der Waals surface area contributed by atoms with Gasteiger partial charge in [0.15, 0.2) is 0 Å². The highest BCUT2D eigenvalue weighted by molar-refractivity contribution is 5.90. The number of nitrogens with zero attached hydrogens (tertiary/aromatic N) is 2. The normalized spacial score (nSPS) is 10.7. The number of amides is 1. The lowest BCUT2D eigenvalue weighted by Gasteiger charge is -2.09. The average Bonchev–Trinajstić information content (AvgIpc) is 2.52. The third-order valence-electron chi connectivity index (χ3n) is 2.99. The molecule has 0 atom stereocenters. The number of benzene rings is 1. The van der Waals surface area contributed by atoms with Crippen molar-refractivity contribution in [1.82, 2.24) is 9.55 Å². The molecule has 0 radical (unpaired) electrons. The molecule has 1 heterocycles. The van der Waals surface area contributed by atoms with Crippen LogP contribution in [0.2, 0.25) is 0 Å². The monoisotopic (exact) mass is 339 g/mol. The number of carbonyl (C=O) groups excluding carboxylic acids is 1. The number of halogens is 2. The molecule has 2 aromatic rings. The van der Waals surface area contributed by atoms with E-state index in [0.29, 0.717) is 17.7 Å². The Morgan fingerprint density at radius 3 is 2.67 bits per heavy atom. The van der Waals surface area contributed by atoms with Gasteiger partial charge in [0.2, 0.25) is 5.91 Å². The van der Waals surface area contributed by atoms with E-state index in [1.165, 1.54) is 36.7 Å². The molecule has 0 saturated carbocycles. The summed E-state index contributed by atoms with van der Waals surface area (Å²) in [4.78, 5) is 27.2. The van der Waals surface area contributed by atoms with Crippen LogP contribution < -0.4 is 15.7 Å². The summed E-state index contributed by atoms with van der Waals surface area (Å²) in [5, 5.41) is 11.4. The van der Waals surface area contributed by atoms with Crippen LogP contribution >= 0.6 is 0 Å². The van der Waals surface area contributed by atoms with Gasteiger partial charge in [-0.15, -0.1) is 0 Å². The van der Waals surface area contributed by atoms with Crippen molar-refractivity contribution in [1.29, 1.82) is 0 Å². The first kappa shape index (κ1) is 17.5. The lowest BCUT2D eigenvalue weighted by molar-refractivity contribution is -0.116. The van der Waals surface area contributed by atoms with E-state index in [4.69, 9.17) is 5.11 Å². The molecule has 0 aliphatic carbocycles. The van der Waals surface area contributed by atoms with Gasteiger partial charge in [0, 0.05) is 24.7 Å². The summed E-state index contributed by atoms with van der Waals surface area (Å²) in [5.41, 5.74) is 0.403. The van der Waals surface area contributed by atoms with Crippen LogP contribution in [0.3, 0.4) is 0 Å². The van der Waals surface area contributed by atoms with E-state index in [2.05, 4.69) is 15.0 Å². The summed E-state index contributed by atoms with van der Waals surface area (Å²) >= 11 is 0. The molecule has 0 aliphatic rings. The highest BCUT2D eigenvalue weighted by Gasteiger charge is 2.08. The smallest absolute Gasteiger partial charge is 0.387 e. The number of alkyl halides is 2. The van der Waals surface area contributed by atoms with Crippen LogP contribution in [0.5, 0.6) is 5.75 Å². The Balaban J connectivity index is 2.00. The number of rotatable bonds is 7. The molecule has 0 unspecified atom stereocenters. The van der Waals surface area contributed by atoms with Gasteiger partial charge in [0.25, 0.3) is 0 Å². The third kappa shape index (κ3) is 5.13. The second kappa shape index (κ2) is 8.16. The topological polar surface area (TPSA) is 93.5 Å². The molecule has 0 fully saturated rings. The lowest BCUT2D eigenvalue weighted by atomic mass is 10.2. The number of carbonyl (C=O) groups is 1. The fraction of sp³-hybridized carbons (Fsp3) is 0.267. The summed E-state index contributed by atoms with van der Waals surface area (Å²) in [6, 6.07) is 5.38. The van der Waals surface area contributed by atoms with Gasteiger partial charge >= 0.3 is 12.3 Å². The Hall–Kier alpha value is -2.81. The number of aliphatic hydroxyl groups excluding tert-OH is 1. The summed E-state index contributed by atoms with van der Waals surface area (Å²) < 4.78 is 29.4. The van der Waals surface area contributed by atoms with E-state index < -0.39 is 18.2 Å². The molecule has 2 rings (SSSR count). The minimum Gasteiger partial charge on any atom is -0.435 e. The van der Waals surface area contributed by atoms with Crippen LogP contribution in [0.25, 0.3) is 0 Å². The van der Waals surface area contributed by atoms with Crippen molar-refractivity contribution in [2.24, 2.45) is 0 Å². The Kier molecular flexibility index (Phi) is 5.96. The minimum absolute atomic E-state index is 0.0277. The molecule has 1 aromatic heterocycles. The Labute approximate surface area is 135 Å². The van der Waals surface area contributed by atoms with Gasteiger partial charge in [-0.25, -0.2) is 9.78 Å². The van der Waals surface area contributed by atoms with Crippen LogP contribution in [0, 0.1) is 0 Å². The van der Waals surface area contributed by atoms with Gasteiger partial charge in [-0.3, -0.25) is 9.36 Å². The fourth-order valence-corrected chi connectivity index (χ4v) is 1.95. The number of ether oxygens (including phenoxy) is 1. The van der Waals surface area contributed by atoms with E-state index in [0.717, 1.165) is 4.57 Å². The number of nitrogens with one attached hydrogen (secondary N) is 1. The van der Waals surface area contributed by atoms with E-state index in [1.54, 1.807) is 0 Å². The summed E-state index contributed by atoms with van der Waals surface area (Å²) in [6.07, 6.45) is 3.11. The lowest BCUT2D eigenvalue weighted by Crippen LogP contribution is -2.29. The predicted molar refractivity (Wildman–Crippen MR) is 81.0 cm³/mol. The van der Waals surface area contributed by atoms with Gasteiger partial charge in [-0.1, -0.05) is 0 Å². The average molecular weight is 339 g/mol. The molecule has 1 amide bonds. The van der Waals surface area contributed by atoms with Crippen molar-refractivity contribution in [3.8, 4) is 5.75 Å². The molecule has 2 N–H and O–H groups in total. The molecular formula is C15H15F2N3O4. The SMILES string of the molecule is O=C(Cn1cc(CCO)cnc1=O)Nc1ccc(OC(F)F)cc1.